The summed E-state index contributed by atoms with van der Waals surface area (Å²) < 4.78 is 5.44. The average molecular weight is 350 g/mol. The van der Waals surface area contributed by atoms with E-state index in [2.05, 4.69) is 16.7 Å². The molecular weight excluding hydrogens is 324 g/mol. The summed E-state index contributed by atoms with van der Waals surface area (Å²) in [6, 6.07) is 17.1. The summed E-state index contributed by atoms with van der Waals surface area (Å²) >= 11 is 0. The van der Waals surface area contributed by atoms with Crippen LogP contribution >= 0.6 is 0 Å². The van der Waals surface area contributed by atoms with Gasteiger partial charge in [-0.3, -0.25) is 4.79 Å². The van der Waals surface area contributed by atoms with E-state index in [4.69, 9.17) is 4.74 Å². The summed E-state index contributed by atoms with van der Waals surface area (Å²) in [6.45, 7) is 0.946. The Kier molecular flexibility index (Phi) is 6.71. The molecule has 2 aromatic rings. The number of ether oxygens (including phenoxy) is 1. The van der Waals surface area contributed by atoms with E-state index < -0.39 is 0 Å². The smallest absolute Gasteiger partial charge is 0.262 e. The van der Waals surface area contributed by atoms with Crippen molar-refractivity contribution >= 4 is 17.3 Å². The molecule has 1 aliphatic rings. The van der Waals surface area contributed by atoms with Crippen LogP contribution in [0.3, 0.4) is 0 Å². The molecule has 0 atom stereocenters. The quantitative estimate of drug-likeness (QED) is 0.658. The van der Waals surface area contributed by atoms with Crippen LogP contribution in [0.1, 0.15) is 32.1 Å². The molecule has 0 unspecified atom stereocenters. The normalized spacial score (nSPS) is 13.6. The van der Waals surface area contributed by atoms with Gasteiger partial charge in [0.05, 0.1) is 0 Å². The number of carbonyl (C=O) groups is 1. The van der Waals surface area contributed by atoms with Crippen molar-refractivity contribution in [1.82, 2.24) is 0 Å². The summed E-state index contributed by atoms with van der Waals surface area (Å²) in [7, 11) is 0. The molecule has 0 heterocycles. The second-order valence-corrected chi connectivity index (χ2v) is 6.51. The first-order valence-corrected chi connectivity index (χ1v) is 9.29. The topological polar surface area (TPSA) is 50.4 Å². The standard InChI is InChI=1S/C22H26N2O2/c25-22(17-26-21-9-5-2-6-10-21)24-20-13-11-19(12-14-20)23-16-15-18-7-3-1-4-8-18/h2,5-7,9-14,23H,1,3-4,8,15-17H2,(H,24,25). The number of nitrogens with one attached hydrogen (secondary N) is 2. The lowest BCUT2D eigenvalue weighted by atomic mass is 9.97. The van der Waals surface area contributed by atoms with E-state index >= 15 is 0 Å². The number of allylic oxidation sites excluding steroid dienone is 1. The molecule has 0 radical (unpaired) electrons. The average Bonchev–Trinajstić information content (AvgIpc) is 2.69. The molecule has 3 rings (SSSR count). The van der Waals surface area contributed by atoms with Crippen LogP contribution in [0, 0.1) is 0 Å². The number of carbonyl (C=O) groups excluding carboxylic acids is 1. The van der Waals surface area contributed by atoms with E-state index in [0.29, 0.717) is 5.75 Å². The number of amides is 1. The largest absolute Gasteiger partial charge is 0.484 e. The highest BCUT2D eigenvalue weighted by atomic mass is 16.5. The van der Waals surface area contributed by atoms with Gasteiger partial charge in [0.2, 0.25) is 0 Å². The van der Waals surface area contributed by atoms with Crippen molar-refractivity contribution in [3.8, 4) is 5.75 Å². The summed E-state index contributed by atoms with van der Waals surface area (Å²) in [5, 5.41) is 6.29. The van der Waals surface area contributed by atoms with E-state index in [0.717, 1.165) is 24.3 Å². The van der Waals surface area contributed by atoms with Gasteiger partial charge in [0.1, 0.15) is 5.75 Å². The van der Waals surface area contributed by atoms with Gasteiger partial charge in [-0.15, -0.1) is 0 Å². The highest BCUT2D eigenvalue weighted by Gasteiger charge is 2.05. The third kappa shape index (κ3) is 5.96. The lowest BCUT2D eigenvalue weighted by molar-refractivity contribution is -0.118. The van der Waals surface area contributed by atoms with Gasteiger partial charge < -0.3 is 15.4 Å². The van der Waals surface area contributed by atoms with E-state index in [1.807, 2.05) is 54.6 Å². The van der Waals surface area contributed by atoms with Crippen LogP contribution in [0.15, 0.2) is 66.2 Å². The molecule has 0 fully saturated rings. The fourth-order valence-corrected chi connectivity index (χ4v) is 3.03. The lowest BCUT2D eigenvalue weighted by Gasteiger charge is -2.13. The van der Waals surface area contributed by atoms with Gasteiger partial charge in [-0.25, -0.2) is 0 Å². The maximum Gasteiger partial charge on any atom is 0.262 e. The maximum atomic E-state index is 12.0. The summed E-state index contributed by atoms with van der Waals surface area (Å²) in [5.74, 6) is 0.522. The van der Waals surface area contributed by atoms with Gasteiger partial charge in [0.25, 0.3) is 5.91 Å². The van der Waals surface area contributed by atoms with Crippen molar-refractivity contribution in [1.29, 1.82) is 0 Å². The lowest BCUT2D eigenvalue weighted by Crippen LogP contribution is -2.20. The number of hydrogen-bond donors (Lipinski definition) is 2. The van der Waals surface area contributed by atoms with Crippen LogP contribution in [0.25, 0.3) is 0 Å². The molecule has 0 spiro atoms. The Labute approximate surface area is 155 Å². The van der Waals surface area contributed by atoms with Crippen LogP contribution in [0.4, 0.5) is 11.4 Å². The molecule has 0 aliphatic heterocycles. The van der Waals surface area contributed by atoms with Gasteiger partial charge in [-0.05, 0) is 68.5 Å². The molecule has 0 aromatic heterocycles. The number of rotatable bonds is 8. The third-order valence-corrected chi connectivity index (χ3v) is 4.44. The van der Waals surface area contributed by atoms with Gasteiger partial charge in [-0.2, -0.15) is 0 Å². The fourth-order valence-electron chi connectivity index (χ4n) is 3.03. The zero-order valence-corrected chi connectivity index (χ0v) is 15.0. The predicted molar refractivity (Wildman–Crippen MR) is 107 cm³/mol. The van der Waals surface area contributed by atoms with Crippen LogP contribution in [-0.4, -0.2) is 19.1 Å². The summed E-state index contributed by atoms with van der Waals surface area (Å²) in [5.41, 5.74) is 3.41. The SMILES string of the molecule is O=C(COc1ccccc1)Nc1ccc(NCCC2=CCCCC2)cc1. The van der Waals surface area contributed by atoms with E-state index in [9.17, 15) is 4.79 Å². The first-order valence-electron chi connectivity index (χ1n) is 9.29. The zero-order valence-electron chi connectivity index (χ0n) is 15.0. The molecule has 1 amide bonds. The first kappa shape index (κ1) is 18.1. The molecule has 0 saturated heterocycles. The Hall–Kier alpha value is -2.75. The van der Waals surface area contributed by atoms with Crippen LogP contribution in [-0.2, 0) is 4.79 Å². The highest BCUT2D eigenvalue weighted by molar-refractivity contribution is 5.92. The molecule has 2 N–H and O–H groups in total. The molecule has 4 nitrogen and oxygen atoms in total. The van der Waals surface area contributed by atoms with E-state index in [-0.39, 0.29) is 12.5 Å². The zero-order chi connectivity index (χ0) is 18.0. The minimum absolute atomic E-state index is 0.000867. The monoisotopic (exact) mass is 350 g/mol. The van der Waals surface area contributed by atoms with Crippen molar-refractivity contribution in [2.75, 3.05) is 23.8 Å². The molecular formula is C22H26N2O2. The Morgan fingerprint density at radius 3 is 2.46 bits per heavy atom. The number of anilines is 2. The van der Waals surface area contributed by atoms with Crippen molar-refractivity contribution in [2.24, 2.45) is 0 Å². The van der Waals surface area contributed by atoms with Crippen LogP contribution in [0.5, 0.6) is 5.75 Å². The Morgan fingerprint density at radius 1 is 0.962 bits per heavy atom. The fraction of sp³-hybridized carbons (Fsp3) is 0.318. The molecule has 26 heavy (non-hydrogen) atoms. The van der Waals surface area contributed by atoms with Gasteiger partial charge in [-0.1, -0.05) is 29.8 Å². The summed E-state index contributed by atoms with van der Waals surface area (Å²) in [6.07, 6.45) is 8.64. The number of para-hydroxylation sites is 1. The minimum atomic E-state index is -0.168. The van der Waals surface area contributed by atoms with Crippen molar-refractivity contribution in [2.45, 2.75) is 32.1 Å². The highest BCUT2D eigenvalue weighted by Crippen LogP contribution is 2.20. The predicted octanol–water partition coefficient (Wildman–Crippen LogP) is 5.01. The Bertz CT molecular complexity index is 724. The van der Waals surface area contributed by atoms with Crippen molar-refractivity contribution < 1.29 is 9.53 Å². The van der Waals surface area contributed by atoms with Crippen LogP contribution in [0.2, 0.25) is 0 Å². The van der Waals surface area contributed by atoms with Crippen molar-refractivity contribution in [3.05, 3.63) is 66.2 Å². The third-order valence-electron chi connectivity index (χ3n) is 4.44. The molecule has 4 heteroatoms. The second-order valence-electron chi connectivity index (χ2n) is 6.51. The van der Waals surface area contributed by atoms with Gasteiger partial charge >= 0.3 is 0 Å². The Morgan fingerprint density at radius 2 is 1.73 bits per heavy atom. The van der Waals surface area contributed by atoms with Gasteiger partial charge in [0, 0.05) is 17.9 Å². The molecule has 2 aromatic carbocycles. The summed E-state index contributed by atoms with van der Waals surface area (Å²) in [4.78, 5) is 12.0. The molecule has 136 valence electrons. The molecule has 0 saturated carbocycles. The minimum Gasteiger partial charge on any atom is -0.484 e. The second kappa shape index (κ2) is 9.66. The number of hydrogen-bond acceptors (Lipinski definition) is 3. The Balaban J connectivity index is 1.39. The van der Waals surface area contributed by atoms with E-state index in [1.54, 1.807) is 5.57 Å². The van der Waals surface area contributed by atoms with Crippen LogP contribution < -0.4 is 15.4 Å². The van der Waals surface area contributed by atoms with E-state index in [1.165, 1.54) is 25.7 Å². The molecule has 0 bridgehead atoms. The maximum absolute atomic E-state index is 12.0. The first-order chi connectivity index (χ1) is 12.8. The van der Waals surface area contributed by atoms with Gasteiger partial charge in [0.15, 0.2) is 6.61 Å². The number of benzene rings is 2. The van der Waals surface area contributed by atoms with Crippen molar-refractivity contribution in [3.63, 3.8) is 0 Å². The molecule has 1 aliphatic carbocycles.